The standard InChI is InChI=1S/C17H23NO3/c1-2-3-9-14(17(20)21)18-16(19)15(13-10-11-13)12-7-5-4-6-8-12/h4-8,13-15H,2-3,9-11H2,1H3,(H,18,19)(H,20,21). The van der Waals surface area contributed by atoms with Crippen molar-refractivity contribution >= 4 is 11.9 Å². The third-order valence-corrected chi connectivity index (χ3v) is 4.00. The summed E-state index contributed by atoms with van der Waals surface area (Å²) in [6.45, 7) is 2.01. The number of amides is 1. The van der Waals surface area contributed by atoms with Gasteiger partial charge >= 0.3 is 5.97 Å². The number of carbonyl (C=O) groups excluding carboxylic acids is 1. The maximum absolute atomic E-state index is 12.5. The number of aliphatic carboxylic acids is 1. The topological polar surface area (TPSA) is 66.4 Å². The Kier molecular flexibility index (Phi) is 5.37. The van der Waals surface area contributed by atoms with Gasteiger partial charge in [0.15, 0.2) is 0 Å². The van der Waals surface area contributed by atoms with Gasteiger partial charge in [-0.05, 0) is 30.7 Å². The lowest BCUT2D eigenvalue weighted by molar-refractivity contribution is -0.142. The second-order valence-electron chi connectivity index (χ2n) is 5.77. The summed E-state index contributed by atoms with van der Waals surface area (Å²) < 4.78 is 0. The highest BCUT2D eigenvalue weighted by molar-refractivity contribution is 5.88. The Morgan fingerprint density at radius 1 is 1.29 bits per heavy atom. The van der Waals surface area contributed by atoms with E-state index >= 15 is 0 Å². The second kappa shape index (κ2) is 7.25. The molecule has 2 atom stereocenters. The molecule has 0 heterocycles. The summed E-state index contributed by atoms with van der Waals surface area (Å²) in [4.78, 5) is 23.8. The van der Waals surface area contributed by atoms with E-state index < -0.39 is 12.0 Å². The number of nitrogens with one attached hydrogen (secondary N) is 1. The van der Waals surface area contributed by atoms with E-state index in [9.17, 15) is 14.7 Å². The minimum Gasteiger partial charge on any atom is -0.480 e. The van der Waals surface area contributed by atoms with Crippen molar-refractivity contribution < 1.29 is 14.7 Å². The number of carbonyl (C=O) groups is 2. The molecule has 2 rings (SSSR count). The lowest BCUT2D eigenvalue weighted by Crippen LogP contribution is -2.43. The van der Waals surface area contributed by atoms with E-state index in [1.54, 1.807) is 0 Å². The Hall–Kier alpha value is -1.84. The van der Waals surface area contributed by atoms with Crippen molar-refractivity contribution in [2.75, 3.05) is 0 Å². The molecule has 0 radical (unpaired) electrons. The van der Waals surface area contributed by atoms with Gasteiger partial charge in [-0.3, -0.25) is 4.79 Å². The zero-order chi connectivity index (χ0) is 15.2. The summed E-state index contributed by atoms with van der Waals surface area (Å²) in [6, 6.07) is 8.89. The molecular weight excluding hydrogens is 266 g/mol. The zero-order valence-corrected chi connectivity index (χ0v) is 12.4. The number of carboxylic acids is 1. The summed E-state index contributed by atoms with van der Waals surface area (Å²) in [5.74, 6) is -0.950. The van der Waals surface area contributed by atoms with Crippen molar-refractivity contribution in [1.29, 1.82) is 0 Å². The van der Waals surface area contributed by atoms with Crippen LogP contribution in [0.25, 0.3) is 0 Å². The lowest BCUT2D eigenvalue weighted by Gasteiger charge is -2.20. The Labute approximate surface area is 125 Å². The van der Waals surface area contributed by atoms with Crippen molar-refractivity contribution in [2.24, 2.45) is 5.92 Å². The predicted molar refractivity (Wildman–Crippen MR) is 81.0 cm³/mol. The van der Waals surface area contributed by atoms with Gasteiger partial charge in [0.2, 0.25) is 5.91 Å². The number of rotatable bonds is 8. The highest BCUT2D eigenvalue weighted by Gasteiger charge is 2.38. The Balaban J connectivity index is 2.06. The molecule has 4 nitrogen and oxygen atoms in total. The average molecular weight is 289 g/mol. The molecule has 0 bridgehead atoms. The first-order chi connectivity index (χ1) is 10.1. The number of carboxylic acid groups (broad SMARTS) is 1. The average Bonchev–Trinajstić information content (AvgIpc) is 3.29. The minimum absolute atomic E-state index is 0.146. The highest BCUT2D eigenvalue weighted by Crippen LogP contribution is 2.42. The van der Waals surface area contributed by atoms with E-state index in [2.05, 4.69) is 5.32 Å². The molecule has 1 amide bonds. The van der Waals surface area contributed by atoms with Gasteiger partial charge in [0.25, 0.3) is 0 Å². The fourth-order valence-corrected chi connectivity index (χ4v) is 2.65. The quantitative estimate of drug-likeness (QED) is 0.773. The SMILES string of the molecule is CCCCC(NC(=O)C(c1ccccc1)C1CC1)C(=O)O. The molecule has 1 saturated carbocycles. The van der Waals surface area contributed by atoms with Gasteiger partial charge in [0, 0.05) is 0 Å². The van der Waals surface area contributed by atoms with E-state index in [1.807, 2.05) is 37.3 Å². The van der Waals surface area contributed by atoms with Gasteiger partial charge in [-0.15, -0.1) is 0 Å². The van der Waals surface area contributed by atoms with Crippen LogP contribution in [0.5, 0.6) is 0 Å². The van der Waals surface area contributed by atoms with Crippen LogP contribution in [-0.2, 0) is 9.59 Å². The largest absolute Gasteiger partial charge is 0.480 e. The third kappa shape index (κ3) is 4.31. The van der Waals surface area contributed by atoms with E-state index in [-0.39, 0.29) is 11.8 Å². The first-order valence-electron chi connectivity index (χ1n) is 7.71. The molecule has 4 heteroatoms. The zero-order valence-electron chi connectivity index (χ0n) is 12.4. The lowest BCUT2D eigenvalue weighted by atomic mass is 9.93. The summed E-state index contributed by atoms with van der Waals surface area (Å²) >= 11 is 0. The van der Waals surface area contributed by atoms with Crippen molar-refractivity contribution in [3.8, 4) is 0 Å². The molecule has 1 aliphatic carbocycles. The number of unbranched alkanes of at least 4 members (excludes halogenated alkanes) is 1. The molecule has 21 heavy (non-hydrogen) atoms. The Morgan fingerprint density at radius 3 is 2.48 bits per heavy atom. The number of benzene rings is 1. The maximum atomic E-state index is 12.5. The molecule has 114 valence electrons. The summed E-state index contributed by atoms with van der Waals surface area (Å²) in [6.07, 6.45) is 4.30. The minimum atomic E-state index is -0.945. The molecule has 0 aromatic heterocycles. The number of hydrogen-bond donors (Lipinski definition) is 2. The molecule has 1 fully saturated rings. The third-order valence-electron chi connectivity index (χ3n) is 4.00. The molecule has 2 unspecified atom stereocenters. The van der Waals surface area contributed by atoms with E-state index in [4.69, 9.17) is 0 Å². The van der Waals surface area contributed by atoms with Gasteiger partial charge < -0.3 is 10.4 Å². The first-order valence-corrected chi connectivity index (χ1v) is 7.71. The van der Waals surface area contributed by atoms with Gasteiger partial charge in [-0.25, -0.2) is 4.79 Å². The molecular formula is C17H23NO3. The van der Waals surface area contributed by atoms with Gasteiger partial charge in [0.1, 0.15) is 6.04 Å². The summed E-state index contributed by atoms with van der Waals surface area (Å²) in [5.41, 5.74) is 0.983. The maximum Gasteiger partial charge on any atom is 0.326 e. The van der Waals surface area contributed by atoms with Crippen LogP contribution >= 0.6 is 0 Å². The van der Waals surface area contributed by atoms with Crippen LogP contribution in [0.1, 0.15) is 50.5 Å². The van der Waals surface area contributed by atoms with E-state index in [0.717, 1.165) is 31.2 Å². The van der Waals surface area contributed by atoms with Crippen molar-refractivity contribution in [1.82, 2.24) is 5.32 Å². The van der Waals surface area contributed by atoms with Crippen LogP contribution in [0, 0.1) is 5.92 Å². The molecule has 1 aromatic rings. The molecule has 0 aliphatic heterocycles. The van der Waals surface area contributed by atoms with E-state index in [0.29, 0.717) is 12.3 Å². The summed E-state index contributed by atoms with van der Waals surface area (Å²) in [5, 5.41) is 12.0. The first kappa shape index (κ1) is 15.5. The normalized spacial score (nSPS) is 17.0. The van der Waals surface area contributed by atoms with Crippen LogP contribution < -0.4 is 5.32 Å². The number of hydrogen-bond acceptors (Lipinski definition) is 2. The molecule has 0 saturated heterocycles. The fourth-order valence-electron chi connectivity index (χ4n) is 2.65. The van der Waals surface area contributed by atoms with Crippen molar-refractivity contribution in [2.45, 2.75) is 51.0 Å². The molecule has 1 aliphatic rings. The Bertz CT molecular complexity index is 482. The van der Waals surface area contributed by atoms with Gasteiger partial charge in [-0.2, -0.15) is 0 Å². The monoisotopic (exact) mass is 289 g/mol. The summed E-state index contributed by atoms with van der Waals surface area (Å²) in [7, 11) is 0. The molecule has 1 aromatic carbocycles. The predicted octanol–water partition coefficient (Wildman–Crippen LogP) is 2.94. The second-order valence-corrected chi connectivity index (χ2v) is 5.77. The molecule has 2 N–H and O–H groups in total. The van der Waals surface area contributed by atoms with Crippen LogP contribution in [-0.4, -0.2) is 23.0 Å². The Morgan fingerprint density at radius 2 is 1.95 bits per heavy atom. The van der Waals surface area contributed by atoms with Crippen LogP contribution in [0.4, 0.5) is 0 Å². The smallest absolute Gasteiger partial charge is 0.326 e. The van der Waals surface area contributed by atoms with E-state index in [1.165, 1.54) is 0 Å². The van der Waals surface area contributed by atoms with Crippen LogP contribution in [0.3, 0.4) is 0 Å². The van der Waals surface area contributed by atoms with Crippen molar-refractivity contribution in [3.63, 3.8) is 0 Å². The highest BCUT2D eigenvalue weighted by atomic mass is 16.4. The molecule has 0 spiro atoms. The van der Waals surface area contributed by atoms with Gasteiger partial charge in [-0.1, -0.05) is 50.1 Å². The van der Waals surface area contributed by atoms with Crippen LogP contribution in [0.2, 0.25) is 0 Å². The fraction of sp³-hybridized carbons (Fsp3) is 0.529. The van der Waals surface area contributed by atoms with Crippen molar-refractivity contribution in [3.05, 3.63) is 35.9 Å². The van der Waals surface area contributed by atoms with Crippen LogP contribution in [0.15, 0.2) is 30.3 Å². The van der Waals surface area contributed by atoms with Gasteiger partial charge in [0.05, 0.1) is 5.92 Å².